The summed E-state index contributed by atoms with van der Waals surface area (Å²) >= 11 is 0. The Morgan fingerprint density at radius 1 is 0.450 bits per heavy atom. The molecule has 4 heterocycles. The Balaban J connectivity index is 1.12. The monoisotopic (exact) mass is 796 g/mol. The molecule has 8 nitrogen and oxygen atoms in total. The van der Waals surface area contributed by atoms with Gasteiger partial charge >= 0.3 is 0 Å². The van der Waals surface area contributed by atoms with Crippen LogP contribution in [-0.2, 0) is 21.9 Å². The molecule has 0 radical (unpaired) electrons. The molecule has 0 N–H and O–H groups in total. The van der Waals surface area contributed by atoms with Crippen molar-refractivity contribution in [3.63, 3.8) is 0 Å². The molecule has 306 valence electrons. The minimum Gasteiger partial charge on any atom is -0.458 e. The summed E-state index contributed by atoms with van der Waals surface area (Å²) < 4.78 is 22.0. The molecule has 60 heavy (non-hydrogen) atoms. The van der Waals surface area contributed by atoms with Crippen molar-refractivity contribution in [1.29, 1.82) is 0 Å². The van der Waals surface area contributed by atoms with Crippen molar-refractivity contribution in [3.8, 4) is 45.8 Å². The average Bonchev–Trinajstić information content (AvgIpc) is 3.78. The molecule has 4 aromatic carbocycles. The van der Waals surface area contributed by atoms with E-state index in [2.05, 4.69) is 199 Å². The van der Waals surface area contributed by atoms with E-state index in [1.165, 1.54) is 0 Å². The second-order valence-corrected chi connectivity index (χ2v) is 19.7. The van der Waals surface area contributed by atoms with Crippen LogP contribution in [0.5, 0.6) is 23.0 Å². The zero-order valence-corrected chi connectivity index (χ0v) is 37.0. The molecule has 0 aliphatic carbocycles. The van der Waals surface area contributed by atoms with E-state index in [-0.39, 0.29) is 21.9 Å². The van der Waals surface area contributed by atoms with Gasteiger partial charge in [0.1, 0.15) is 23.0 Å². The molecule has 0 bridgehead atoms. The van der Waals surface area contributed by atoms with Crippen molar-refractivity contribution in [2.24, 2.45) is 0 Å². The second kappa shape index (κ2) is 14.8. The Bertz CT molecular complexity index is 2680. The molecule has 8 rings (SSSR count). The van der Waals surface area contributed by atoms with Crippen LogP contribution in [0.15, 0.2) is 122 Å². The topological polar surface area (TPSA) is 61.9 Å². The van der Waals surface area contributed by atoms with Crippen LogP contribution in [0.25, 0.3) is 44.8 Å². The Labute approximate surface area is 354 Å². The van der Waals surface area contributed by atoms with E-state index in [0.717, 1.165) is 56.1 Å². The van der Waals surface area contributed by atoms with E-state index in [0.29, 0.717) is 22.9 Å². The van der Waals surface area contributed by atoms with Gasteiger partial charge in [0.2, 0.25) is 12.7 Å². The lowest BCUT2D eigenvalue weighted by Crippen LogP contribution is -2.32. The van der Waals surface area contributed by atoms with Gasteiger partial charge in [0.25, 0.3) is 0 Å². The molecule has 0 atom stereocenters. The Hall–Kier alpha value is -6.28. The highest BCUT2D eigenvalue weighted by molar-refractivity contribution is 5.73. The van der Waals surface area contributed by atoms with E-state index in [1.54, 1.807) is 12.4 Å². The molecule has 8 aromatic rings. The third-order valence-electron chi connectivity index (χ3n) is 10.7. The molecular formula is C52H56N6O2. The average molecular weight is 797 g/mol. The third-order valence-corrected chi connectivity index (χ3v) is 10.7. The molecule has 0 saturated heterocycles. The lowest BCUT2D eigenvalue weighted by molar-refractivity contribution is -0.573. The number of para-hydroxylation sites is 4. The number of nitrogens with zero attached hydrogens (tertiary/aromatic N) is 6. The lowest BCUT2D eigenvalue weighted by atomic mass is 9.86. The fraction of sp³-hybridized carbons (Fsp3) is 0.308. The number of hydrogen-bond acceptors (Lipinski definition) is 4. The minimum absolute atomic E-state index is 0.125. The van der Waals surface area contributed by atoms with Crippen LogP contribution < -0.4 is 18.6 Å². The SMILES string of the molecule is CC(C)(C)c1cc(Oc2ccnc(-c3cc(Oc4cc(-[n+]5[c-]n(C(C)(C)C)c6ccccc65)cc(C(C)(C)C)c4)ccn3)c2)cc(-[n+]2[c-]n(C(C)(C)C)c3ccccc32)c1. The standard InChI is InChI=1S/C52H56N6O2/c1-49(2,3)35-25-37(55-33-57(51(7,8)9)47-19-15-13-17-45(47)55)29-41(27-35)59-39-21-23-53-43(31-39)44-32-40(22-24-54-44)60-42-28-36(50(4,5)6)26-38(30-42)56-34-58(52(10,11)12)48-20-16-14-18-46(48)56/h13-32H,1-12H3. The van der Waals surface area contributed by atoms with Gasteiger partial charge < -0.3 is 27.7 Å². The lowest BCUT2D eigenvalue weighted by Gasteiger charge is -2.22. The van der Waals surface area contributed by atoms with E-state index >= 15 is 0 Å². The van der Waals surface area contributed by atoms with Gasteiger partial charge in [0, 0.05) is 24.5 Å². The van der Waals surface area contributed by atoms with Crippen LogP contribution in [0.1, 0.15) is 94.2 Å². The number of imidazole rings is 2. The molecule has 0 aliphatic rings. The molecule has 4 aromatic heterocycles. The van der Waals surface area contributed by atoms with Crippen molar-refractivity contribution in [2.75, 3.05) is 0 Å². The molecule has 0 fully saturated rings. The maximum Gasteiger partial charge on any atom is 0.244 e. The molecule has 8 heteroatoms. The highest BCUT2D eigenvalue weighted by Crippen LogP contribution is 2.35. The highest BCUT2D eigenvalue weighted by Gasteiger charge is 2.24. The predicted octanol–water partition coefficient (Wildman–Crippen LogP) is 11.9. The summed E-state index contributed by atoms with van der Waals surface area (Å²) in [6.07, 6.45) is 10.8. The summed E-state index contributed by atoms with van der Waals surface area (Å²) in [6, 6.07) is 37.4. The summed E-state index contributed by atoms with van der Waals surface area (Å²) in [5.74, 6) is 2.76. The maximum absolute atomic E-state index is 6.66. The first-order valence-corrected chi connectivity index (χ1v) is 20.7. The fourth-order valence-electron chi connectivity index (χ4n) is 7.43. The molecule has 0 unspecified atom stereocenters. The van der Waals surface area contributed by atoms with Gasteiger partial charge in [-0.25, -0.2) is 0 Å². The zero-order chi connectivity index (χ0) is 42.8. The second-order valence-electron chi connectivity index (χ2n) is 19.7. The van der Waals surface area contributed by atoms with E-state index in [1.807, 2.05) is 24.3 Å². The van der Waals surface area contributed by atoms with Crippen molar-refractivity contribution >= 4 is 22.1 Å². The fourth-order valence-corrected chi connectivity index (χ4v) is 7.43. The number of hydrogen-bond donors (Lipinski definition) is 0. The third kappa shape index (κ3) is 8.16. The summed E-state index contributed by atoms with van der Waals surface area (Å²) in [5, 5.41) is 0. The maximum atomic E-state index is 6.66. The Morgan fingerprint density at radius 2 is 0.833 bits per heavy atom. The van der Waals surface area contributed by atoms with Gasteiger partial charge in [-0.15, -0.1) is 0 Å². The van der Waals surface area contributed by atoms with Crippen molar-refractivity contribution < 1.29 is 18.6 Å². The summed E-state index contributed by atoms with van der Waals surface area (Å²) in [7, 11) is 0. The van der Waals surface area contributed by atoms with Gasteiger partial charge in [-0.1, -0.05) is 102 Å². The van der Waals surface area contributed by atoms with Crippen LogP contribution in [0, 0.1) is 12.7 Å². The van der Waals surface area contributed by atoms with Crippen LogP contribution in [0.2, 0.25) is 0 Å². The molecule has 0 spiro atoms. The minimum atomic E-state index is -0.151. The highest BCUT2D eigenvalue weighted by atomic mass is 16.5. The largest absolute Gasteiger partial charge is 0.458 e. The summed E-state index contributed by atoms with van der Waals surface area (Å²) in [4.78, 5) is 9.43. The number of pyridine rings is 2. The molecule has 0 amide bonds. The molecule has 0 saturated carbocycles. The Morgan fingerprint density at radius 3 is 1.20 bits per heavy atom. The first kappa shape index (κ1) is 40.5. The summed E-state index contributed by atoms with van der Waals surface area (Å²) in [5.41, 5.74) is 9.45. The predicted molar refractivity (Wildman–Crippen MR) is 240 cm³/mol. The van der Waals surface area contributed by atoms with Crippen LogP contribution in [-0.4, -0.2) is 19.1 Å². The number of benzene rings is 4. The van der Waals surface area contributed by atoms with Gasteiger partial charge in [-0.2, -0.15) is 0 Å². The normalized spacial score (nSPS) is 12.7. The van der Waals surface area contributed by atoms with Crippen molar-refractivity contribution in [2.45, 2.75) is 105 Å². The Kier molecular flexibility index (Phi) is 9.97. The first-order chi connectivity index (χ1) is 28.2. The zero-order valence-electron chi connectivity index (χ0n) is 37.0. The van der Waals surface area contributed by atoms with Gasteiger partial charge in [-0.05, 0) is 99.9 Å². The van der Waals surface area contributed by atoms with Crippen LogP contribution in [0.4, 0.5) is 0 Å². The van der Waals surface area contributed by atoms with E-state index in [9.17, 15) is 0 Å². The van der Waals surface area contributed by atoms with Gasteiger partial charge in [0.15, 0.2) is 0 Å². The van der Waals surface area contributed by atoms with Crippen molar-refractivity contribution in [3.05, 3.63) is 145 Å². The van der Waals surface area contributed by atoms with Gasteiger partial charge in [0.05, 0.1) is 55.9 Å². The molecule has 0 aliphatic heterocycles. The number of aromatic nitrogens is 6. The quantitative estimate of drug-likeness (QED) is 0.119. The van der Waals surface area contributed by atoms with Gasteiger partial charge in [-0.3, -0.25) is 9.97 Å². The van der Waals surface area contributed by atoms with Crippen molar-refractivity contribution in [1.82, 2.24) is 19.1 Å². The smallest absolute Gasteiger partial charge is 0.244 e. The number of fused-ring (bicyclic) bond motifs is 2. The van der Waals surface area contributed by atoms with E-state index in [4.69, 9.17) is 19.4 Å². The van der Waals surface area contributed by atoms with E-state index < -0.39 is 0 Å². The van der Waals surface area contributed by atoms with Crippen LogP contribution in [0.3, 0.4) is 0 Å². The molecular weight excluding hydrogens is 741 g/mol. The number of ether oxygens (including phenoxy) is 2. The first-order valence-electron chi connectivity index (χ1n) is 20.7. The number of rotatable bonds is 7. The van der Waals surface area contributed by atoms with Crippen LogP contribution >= 0.6 is 0 Å². The summed E-state index contributed by atoms with van der Waals surface area (Å²) in [6.45, 7) is 26.5.